The summed E-state index contributed by atoms with van der Waals surface area (Å²) in [6, 6.07) is 8.43. The van der Waals surface area contributed by atoms with Gasteiger partial charge in [0.25, 0.3) is 5.56 Å². The van der Waals surface area contributed by atoms with Crippen LogP contribution in [0.5, 0.6) is 0 Å². The van der Waals surface area contributed by atoms with Crippen molar-refractivity contribution < 1.29 is 4.79 Å². The predicted molar refractivity (Wildman–Crippen MR) is 84.6 cm³/mol. The summed E-state index contributed by atoms with van der Waals surface area (Å²) in [5, 5.41) is 3.17. The molecule has 0 radical (unpaired) electrons. The number of carbonyl (C=O) groups excluding carboxylic acids is 1. The Morgan fingerprint density at radius 1 is 1.38 bits per heavy atom. The van der Waals surface area contributed by atoms with Gasteiger partial charge in [-0.15, -0.1) is 0 Å². The summed E-state index contributed by atoms with van der Waals surface area (Å²) in [4.78, 5) is 23.7. The third kappa shape index (κ3) is 3.86. The summed E-state index contributed by atoms with van der Waals surface area (Å²) in [7, 11) is 0. The van der Waals surface area contributed by atoms with Gasteiger partial charge in [0.1, 0.15) is 0 Å². The molecule has 0 aliphatic heterocycles. The number of anilines is 2. The molecule has 0 atom stereocenters. The van der Waals surface area contributed by atoms with E-state index in [0.29, 0.717) is 28.5 Å². The molecule has 0 aliphatic carbocycles. The molecule has 0 saturated carbocycles. The molecule has 1 aromatic heterocycles. The maximum Gasteiger partial charge on any atom is 0.253 e. The van der Waals surface area contributed by atoms with E-state index in [4.69, 9.17) is 17.3 Å². The number of nitrogens with zero attached hydrogens (tertiary/aromatic N) is 1. The lowest BCUT2D eigenvalue weighted by Crippen LogP contribution is -2.24. The molecule has 3 N–H and O–H groups in total. The van der Waals surface area contributed by atoms with E-state index in [0.717, 1.165) is 0 Å². The van der Waals surface area contributed by atoms with Crippen molar-refractivity contribution in [1.82, 2.24) is 4.57 Å². The third-order valence-electron chi connectivity index (χ3n) is 3.07. The first kappa shape index (κ1) is 15.1. The number of halogens is 1. The lowest BCUT2D eigenvalue weighted by molar-refractivity contribution is -0.116. The van der Waals surface area contributed by atoms with Gasteiger partial charge in [-0.25, -0.2) is 0 Å². The van der Waals surface area contributed by atoms with E-state index in [2.05, 4.69) is 5.32 Å². The number of aromatic nitrogens is 1. The van der Waals surface area contributed by atoms with Crippen LogP contribution < -0.4 is 16.6 Å². The van der Waals surface area contributed by atoms with Gasteiger partial charge in [0.05, 0.1) is 10.7 Å². The van der Waals surface area contributed by atoms with Crippen LogP contribution in [0, 0.1) is 6.92 Å². The summed E-state index contributed by atoms with van der Waals surface area (Å²) >= 11 is 5.81. The minimum absolute atomic E-state index is 0.0824. The highest BCUT2D eigenvalue weighted by Gasteiger charge is 2.06. The van der Waals surface area contributed by atoms with Crippen molar-refractivity contribution in [3.63, 3.8) is 0 Å². The van der Waals surface area contributed by atoms with Gasteiger partial charge in [-0.1, -0.05) is 17.7 Å². The number of nitrogen functional groups attached to an aromatic ring is 1. The summed E-state index contributed by atoms with van der Waals surface area (Å²) < 4.78 is 1.52. The van der Waals surface area contributed by atoms with Crippen LogP contribution in [0.1, 0.15) is 12.0 Å². The van der Waals surface area contributed by atoms with Crippen molar-refractivity contribution in [2.75, 3.05) is 11.1 Å². The van der Waals surface area contributed by atoms with Crippen molar-refractivity contribution in [2.45, 2.75) is 19.9 Å². The van der Waals surface area contributed by atoms with Crippen LogP contribution in [0.4, 0.5) is 11.4 Å². The quantitative estimate of drug-likeness (QED) is 0.852. The van der Waals surface area contributed by atoms with Gasteiger partial charge >= 0.3 is 0 Å². The number of amides is 1. The van der Waals surface area contributed by atoms with E-state index in [1.807, 2.05) is 0 Å². The number of rotatable bonds is 4. The van der Waals surface area contributed by atoms with Gasteiger partial charge in [0.2, 0.25) is 5.91 Å². The Kier molecular flexibility index (Phi) is 4.65. The Morgan fingerprint density at radius 3 is 2.86 bits per heavy atom. The number of nitrogens with two attached hydrogens (primary N) is 1. The van der Waals surface area contributed by atoms with Crippen molar-refractivity contribution in [3.8, 4) is 0 Å². The number of carbonyl (C=O) groups is 1. The smallest absolute Gasteiger partial charge is 0.253 e. The monoisotopic (exact) mass is 305 g/mol. The zero-order valence-corrected chi connectivity index (χ0v) is 12.4. The van der Waals surface area contributed by atoms with Crippen LogP contribution >= 0.6 is 11.6 Å². The minimum atomic E-state index is -0.190. The van der Waals surface area contributed by atoms with Crippen molar-refractivity contribution >= 4 is 28.9 Å². The maximum absolute atomic E-state index is 11.9. The lowest BCUT2D eigenvalue weighted by Gasteiger charge is -2.08. The molecule has 21 heavy (non-hydrogen) atoms. The number of hydrogen-bond acceptors (Lipinski definition) is 3. The van der Waals surface area contributed by atoms with Crippen molar-refractivity contribution in [3.05, 3.63) is 57.5 Å². The van der Waals surface area contributed by atoms with E-state index in [1.54, 1.807) is 43.5 Å². The van der Waals surface area contributed by atoms with Gasteiger partial charge in [-0.2, -0.15) is 0 Å². The second-order valence-electron chi connectivity index (χ2n) is 4.72. The zero-order valence-electron chi connectivity index (χ0n) is 11.6. The number of benzene rings is 1. The number of aryl methyl sites for hydroxylation is 2. The molecule has 6 heteroatoms. The fraction of sp³-hybridized carbons (Fsp3) is 0.200. The van der Waals surface area contributed by atoms with Gasteiger partial charge in [0, 0.05) is 30.4 Å². The zero-order chi connectivity index (χ0) is 15.4. The number of pyridine rings is 1. The summed E-state index contributed by atoms with van der Waals surface area (Å²) in [6.07, 6.45) is 1.87. The number of hydrogen-bond donors (Lipinski definition) is 2. The van der Waals surface area contributed by atoms with Gasteiger partial charge in [-0.05, 0) is 31.2 Å². The molecule has 0 aliphatic rings. The van der Waals surface area contributed by atoms with E-state index < -0.39 is 0 Å². The van der Waals surface area contributed by atoms with Gasteiger partial charge in [0.15, 0.2) is 0 Å². The molecule has 0 saturated heterocycles. The number of nitrogens with one attached hydrogen (secondary N) is 1. The third-order valence-corrected chi connectivity index (χ3v) is 3.41. The Hall–Kier alpha value is -2.27. The molecule has 1 aromatic carbocycles. The molecule has 0 bridgehead atoms. The standard InChI is InChI=1S/C15H16ClN3O2/c1-10-3-2-7-19(15(10)21)8-6-14(20)18-11-4-5-12(16)13(17)9-11/h2-5,7,9H,6,8,17H2,1H3,(H,18,20). The second-order valence-corrected chi connectivity index (χ2v) is 5.13. The highest BCUT2D eigenvalue weighted by Crippen LogP contribution is 2.22. The molecule has 0 spiro atoms. The van der Waals surface area contributed by atoms with Gasteiger partial charge in [-0.3, -0.25) is 9.59 Å². The summed E-state index contributed by atoms with van der Waals surface area (Å²) in [5.74, 6) is -0.190. The van der Waals surface area contributed by atoms with Crippen LogP contribution in [0.2, 0.25) is 5.02 Å². The second kappa shape index (κ2) is 6.45. The average Bonchev–Trinajstić information content (AvgIpc) is 2.44. The van der Waals surface area contributed by atoms with Crippen LogP contribution in [-0.4, -0.2) is 10.5 Å². The first-order valence-corrected chi connectivity index (χ1v) is 6.86. The molecule has 2 rings (SSSR count). The molecule has 110 valence electrons. The fourth-order valence-electron chi connectivity index (χ4n) is 1.90. The topological polar surface area (TPSA) is 77.1 Å². The summed E-state index contributed by atoms with van der Waals surface area (Å²) in [6.45, 7) is 2.07. The fourth-order valence-corrected chi connectivity index (χ4v) is 2.02. The normalized spacial score (nSPS) is 10.4. The molecule has 0 unspecified atom stereocenters. The first-order chi connectivity index (χ1) is 9.97. The molecule has 1 amide bonds. The van der Waals surface area contributed by atoms with Crippen LogP contribution in [0.25, 0.3) is 0 Å². The largest absolute Gasteiger partial charge is 0.397 e. The summed E-state index contributed by atoms with van der Waals surface area (Å²) in [5.41, 5.74) is 7.23. The van der Waals surface area contributed by atoms with Crippen LogP contribution in [-0.2, 0) is 11.3 Å². The highest BCUT2D eigenvalue weighted by atomic mass is 35.5. The SMILES string of the molecule is Cc1cccn(CCC(=O)Nc2ccc(Cl)c(N)c2)c1=O. The van der Waals surface area contributed by atoms with Crippen LogP contribution in [0.3, 0.4) is 0 Å². The minimum Gasteiger partial charge on any atom is -0.397 e. The van der Waals surface area contributed by atoms with Crippen LogP contribution in [0.15, 0.2) is 41.3 Å². The van der Waals surface area contributed by atoms with E-state index in [9.17, 15) is 9.59 Å². The molecular weight excluding hydrogens is 290 g/mol. The Bertz CT molecular complexity index is 725. The Balaban J connectivity index is 1.97. The molecule has 0 fully saturated rings. The van der Waals surface area contributed by atoms with E-state index >= 15 is 0 Å². The molecule has 5 nitrogen and oxygen atoms in total. The Labute approximate surface area is 127 Å². The predicted octanol–water partition coefficient (Wildman–Crippen LogP) is 2.42. The first-order valence-electron chi connectivity index (χ1n) is 6.48. The highest BCUT2D eigenvalue weighted by molar-refractivity contribution is 6.33. The van der Waals surface area contributed by atoms with Crippen molar-refractivity contribution in [2.24, 2.45) is 0 Å². The van der Waals surface area contributed by atoms with Crippen molar-refractivity contribution in [1.29, 1.82) is 0 Å². The molecular formula is C15H16ClN3O2. The van der Waals surface area contributed by atoms with E-state index in [-0.39, 0.29) is 17.9 Å². The maximum atomic E-state index is 11.9. The average molecular weight is 306 g/mol. The molecule has 2 aromatic rings. The molecule has 1 heterocycles. The van der Waals surface area contributed by atoms with E-state index in [1.165, 1.54) is 4.57 Å². The van der Waals surface area contributed by atoms with Gasteiger partial charge < -0.3 is 15.6 Å². The lowest BCUT2D eigenvalue weighted by atomic mass is 10.2. The Morgan fingerprint density at radius 2 is 2.14 bits per heavy atom.